The van der Waals surface area contributed by atoms with E-state index in [2.05, 4.69) is 10.1 Å². The van der Waals surface area contributed by atoms with Gasteiger partial charge in [-0.15, -0.1) is 5.10 Å². The van der Waals surface area contributed by atoms with Crippen molar-refractivity contribution in [3.63, 3.8) is 0 Å². The van der Waals surface area contributed by atoms with Crippen molar-refractivity contribution in [3.8, 4) is 34.5 Å². The summed E-state index contributed by atoms with van der Waals surface area (Å²) in [5, 5.41) is 4.40. The molecule has 21 heavy (non-hydrogen) atoms. The molecule has 3 aromatic rings. The molecule has 0 fully saturated rings. The van der Waals surface area contributed by atoms with Gasteiger partial charge in [-0.25, -0.2) is 9.67 Å². The van der Waals surface area contributed by atoms with Crippen LogP contribution in [-0.2, 0) is 7.05 Å². The Balaban J connectivity index is 1.77. The highest BCUT2D eigenvalue weighted by Crippen LogP contribution is 2.35. The van der Waals surface area contributed by atoms with Gasteiger partial charge in [-0.3, -0.25) is 0 Å². The molecule has 0 amide bonds. The summed E-state index contributed by atoms with van der Waals surface area (Å²) in [5.41, 5.74) is 0.920. The fourth-order valence-electron chi connectivity index (χ4n) is 2.33. The van der Waals surface area contributed by atoms with E-state index in [0.717, 1.165) is 28.6 Å². The van der Waals surface area contributed by atoms with E-state index in [9.17, 15) is 0 Å². The van der Waals surface area contributed by atoms with Crippen molar-refractivity contribution >= 4 is 0 Å². The molecule has 0 unspecified atom stereocenters. The normalized spacial score (nSPS) is 12.9. The number of nitrogens with zero attached hydrogens (tertiary/aromatic N) is 3. The minimum Gasteiger partial charge on any atom is -0.458 e. The van der Waals surface area contributed by atoms with Gasteiger partial charge in [0.15, 0.2) is 23.1 Å². The molecule has 0 saturated carbocycles. The third-order valence-corrected chi connectivity index (χ3v) is 3.35. The molecule has 1 aliphatic rings. The number of rotatable bonds is 2. The highest BCUT2D eigenvalue weighted by molar-refractivity contribution is 5.63. The Bertz CT molecular complexity index is 819. The Morgan fingerprint density at radius 2 is 1.95 bits per heavy atom. The Morgan fingerprint density at radius 3 is 2.76 bits per heavy atom. The van der Waals surface area contributed by atoms with Gasteiger partial charge < -0.3 is 13.9 Å². The quantitative estimate of drug-likeness (QED) is 0.723. The highest BCUT2D eigenvalue weighted by Gasteiger charge is 2.18. The van der Waals surface area contributed by atoms with E-state index in [-0.39, 0.29) is 6.79 Å². The summed E-state index contributed by atoms with van der Waals surface area (Å²) in [5.74, 6) is 4.29. The minimum absolute atomic E-state index is 0.258. The summed E-state index contributed by atoms with van der Waals surface area (Å²) in [6.07, 6.45) is 0. The molecule has 1 aliphatic heterocycles. The molecule has 0 radical (unpaired) electrons. The maximum Gasteiger partial charge on any atom is 0.231 e. The molecule has 0 N–H and O–H groups in total. The van der Waals surface area contributed by atoms with Crippen LogP contribution in [0.2, 0.25) is 0 Å². The Kier molecular flexibility index (Phi) is 2.50. The van der Waals surface area contributed by atoms with E-state index in [4.69, 9.17) is 13.9 Å². The van der Waals surface area contributed by atoms with E-state index >= 15 is 0 Å². The molecular formula is C15H13N3O3. The second-order valence-corrected chi connectivity index (χ2v) is 4.86. The zero-order valence-corrected chi connectivity index (χ0v) is 11.7. The number of benzene rings is 1. The number of hydrogen-bond donors (Lipinski definition) is 0. The summed E-state index contributed by atoms with van der Waals surface area (Å²) in [6, 6.07) is 9.49. The smallest absolute Gasteiger partial charge is 0.231 e. The predicted molar refractivity (Wildman–Crippen MR) is 75.0 cm³/mol. The molecule has 4 rings (SSSR count). The molecule has 3 heterocycles. The van der Waals surface area contributed by atoms with Gasteiger partial charge in [-0.2, -0.15) is 0 Å². The largest absolute Gasteiger partial charge is 0.458 e. The predicted octanol–water partition coefficient (Wildman–Crippen LogP) is 2.78. The van der Waals surface area contributed by atoms with Gasteiger partial charge in [0.25, 0.3) is 0 Å². The van der Waals surface area contributed by atoms with E-state index in [0.29, 0.717) is 11.6 Å². The first-order valence-electron chi connectivity index (χ1n) is 6.58. The number of hydrogen-bond acceptors (Lipinski definition) is 5. The first-order valence-corrected chi connectivity index (χ1v) is 6.58. The lowest BCUT2D eigenvalue weighted by molar-refractivity contribution is 0.174. The molecule has 6 heteroatoms. The maximum absolute atomic E-state index is 5.56. The summed E-state index contributed by atoms with van der Waals surface area (Å²) in [7, 11) is 1.85. The van der Waals surface area contributed by atoms with Crippen molar-refractivity contribution in [3.05, 3.63) is 36.1 Å². The number of fused-ring (bicyclic) bond motifs is 1. The van der Waals surface area contributed by atoms with E-state index in [1.807, 2.05) is 44.3 Å². The molecular weight excluding hydrogens is 270 g/mol. The number of aromatic nitrogens is 3. The van der Waals surface area contributed by atoms with E-state index in [1.54, 1.807) is 4.68 Å². The first-order chi connectivity index (χ1) is 10.2. The summed E-state index contributed by atoms with van der Waals surface area (Å²) in [4.78, 5) is 4.55. The van der Waals surface area contributed by atoms with Gasteiger partial charge in [0, 0.05) is 12.6 Å². The van der Waals surface area contributed by atoms with Gasteiger partial charge in [-0.1, -0.05) is 0 Å². The van der Waals surface area contributed by atoms with Gasteiger partial charge in [0.2, 0.25) is 12.6 Å². The van der Waals surface area contributed by atoms with Crippen LogP contribution in [-0.4, -0.2) is 21.6 Å². The standard InChI is InChI=1S/C15H13N3O3/c1-9-3-5-12(21-9)14-16-15(18(2)17-14)10-4-6-11-13(7-10)20-8-19-11/h3-7H,8H2,1-2H3. The van der Waals surface area contributed by atoms with E-state index < -0.39 is 0 Å². The van der Waals surface area contributed by atoms with Crippen LogP contribution in [0.1, 0.15) is 5.76 Å². The van der Waals surface area contributed by atoms with Crippen molar-refractivity contribution in [2.45, 2.75) is 6.92 Å². The van der Waals surface area contributed by atoms with Crippen LogP contribution in [0, 0.1) is 6.92 Å². The lowest BCUT2D eigenvalue weighted by Crippen LogP contribution is -1.94. The third-order valence-electron chi connectivity index (χ3n) is 3.35. The SMILES string of the molecule is Cc1ccc(-c2nc(-c3ccc4c(c3)OCO4)n(C)n2)o1. The van der Waals surface area contributed by atoms with Gasteiger partial charge in [0.1, 0.15) is 5.76 Å². The zero-order chi connectivity index (χ0) is 14.4. The fraction of sp³-hybridized carbons (Fsp3) is 0.200. The van der Waals surface area contributed by atoms with Gasteiger partial charge in [-0.05, 0) is 37.3 Å². The van der Waals surface area contributed by atoms with Crippen molar-refractivity contribution < 1.29 is 13.9 Å². The van der Waals surface area contributed by atoms with Crippen molar-refractivity contribution in [1.29, 1.82) is 0 Å². The average Bonchev–Trinajstić information content (AvgIpc) is 3.17. The summed E-state index contributed by atoms with van der Waals surface area (Å²) < 4.78 is 18.0. The maximum atomic E-state index is 5.56. The molecule has 0 atom stereocenters. The monoisotopic (exact) mass is 283 g/mol. The topological polar surface area (TPSA) is 62.3 Å². The molecule has 106 valence electrons. The second kappa shape index (κ2) is 4.37. The van der Waals surface area contributed by atoms with Crippen LogP contribution >= 0.6 is 0 Å². The fourth-order valence-corrected chi connectivity index (χ4v) is 2.33. The summed E-state index contributed by atoms with van der Waals surface area (Å²) >= 11 is 0. The first kappa shape index (κ1) is 12.0. The number of furan rings is 1. The van der Waals surface area contributed by atoms with Gasteiger partial charge >= 0.3 is 0 Å². The van der Waals surface area contributed by atoms with Crippen LogP contribution in [0.15, 0.2) is 34.7 Å². The summed E-state index contributed by atoms with van der Waals surface area (Å²) in [6.45, 7) is 2.15. The Hall–Kier alpha value is -2.76. The third kappa shape index (κ3) is 1.96. The second-order valence-electron chi connectivity index (χ2n) is 4.86. The average molecular weight is 283 g/mol. The number of ether oxygens (including phenoxy) is 2. The van der Waals surface area contributed by atoms with E-state index in [1.165, 1.54) is 0 Å². The Morgan fingerprint density at radius 1 is 1.10 bits per heavy atom. The lowest BCUT2D eigenvalue weighted by atomic mass is 10.2. The Labute approximate surface area is 120 Å². The molecule has 0 aliphatic carbocycles. The lowest BCUT2D eigenvalue weighted by Gasteiger charge is -2.01. The molecule has 2 aromatic heterocycles. The van der Waals surface area contributed by atoms with Crippen LogP contribution in [0.25, 0.3) is 23.0 Å². The minimum atomic E-state index is 0.258. The molecule has 6 nitrogen and oxygen atoms in total. The molecule has 0 bridgehead atoms. The molecule has 0 saturated heterocycles. The van der Waals surface area contributed by atoms with Crippen LogP contribution in [0.5, 0.6) is 11.5 Å². The molecule has 1 aromatic carbocycles. The van der Waals surface area contributed by atoms with Crippen molar-refractivity contribution in [1.82, 2.24) is 14.8 Å². The van der Waals surface area contributed by atoms with Gasteiger partial charge in [0.05, 0.1) is 0 Å². The van der Waals surface area contributed by atoms with Crippen molar-refractivity contribution in [2.24, 2.45) is 7.05 Å². The molecule has 0 spiro atoms. The number of aryl methyl sites for hydroxylation is 2. The highest BCUT2D eigenvalue weighted by atomic mass is 16.7. The van der Waals surface area contributed by atoms with Crippen molar-refractivity contribution in [2.75, 3.05) is 6.79 Å². The zero-order valence-electron chi connectivity index (χ0n) is 11.7. The van der Waals surface area contributed by atoms with Crippen LogP contribution < -0.4 is 9.47 Å². The van der Waals surface area contributed by atoms with Crippen LogP contribution in [0.4, 0.5) is 0 Å². The van der Waals surface area contributed by atoms with Crippen LogP contribution in [0.3, 0.4) is 0 Å².